The molecule has 0 fully saturated rings. The van der Waals surface area contributed by atoms with E-state index in [1.807, 2.05) is 54.6 Å². The predicted molar refractivity (Wildman–Crippen MR) is 78.0 cm³/mol. The fraction of sp³-hybridized carbons (Fsp3) is 0.250. The lowest BCUT2D eigenvalue weighted by atomic mass is 10.2. The zero-order chi connectivity index (χ0) is 13.3. The maximum Gasteiger partial charge on any atom is 0.119 e. The number of benzene rings is 2. The van der Waals surface area contributed by atoms with Crippen molar-refractivity contribution in [2.45, 2.75) is 12.3 Å². The lowest BCUT2D eigenvalue weighted by molar-refractivity contribution is 0.247. The molecule has 0 aliphatic rings. The van der Waals surface area contributed by atoms with Gasteiger partial charge in [0.2, 0.25) is 0 Å². The Hall–Kier alpha value is -1.67. The molecule has 0 spiro atoms. The molecule has 0 heterocycles. The molecule has 0 bridgehead atoms. The Balaban J connectivity index is 1.66. The quantitative estimate of drug-likeness (QED) is 0.555. The highest BCUT2D eigenvalue weighted by atomic mass is 35.5. The molecule has 2 nitrogen and oxygen atoms in total. The third-order valence-electron chi connectivity index (χ3n) is 2.62. The smallest absolute Gasteiger partial charge is 0.119 e. The first-order valence-corrected chi connectivity index (χ1v) is 6.87. The first-order chi connectivity index (χ1) is 9.38. The van der Waals surface area contributed by atoms with Crippen LogP contribution in [0.4, 0.5) is 0 Å². The van der Waals surface area contributed by atoms with Crippen molar-refractivity contribution in [2.75, 3.05) is 13.2 Å². The Labute approximate surface area is 118 Å². The monoisotopic (exact) mass is 276 g/mol. The molecule has 0 unspecified atom stereocenters. The van der Waals surface area contributed by atoms with Crippen LogP contribution in [0.2, 0.25) is 0 Å². The van der Waals surface area contributed by atoms with E-state index in [4.69, 9.17) is 21.1 Å². The predicted octanol–water partition coefficient (Wildman–Crippen LogP) is 4.27. The van der Waals surface area contributed by atoms with Gasteiger partial charge >= 0.3 is 0 Å². The minimum Gasteiger partial charge on any atom is -0.493 e. The van der Waals surface area contributed by atoms with Crippen LogP contribution in [0, 0.1) is 0 Å². The largest absolute Gasteiger partial charge is 0.493 e. The molecule has 0 saturated carbocycles. The minimum absolute atomic E-state index is 0.508. The van der Waals surface area contributed by atoms with E-state index in [9.17, 15) is 0 Å². The van der Waals surface area contributed by atoms with Gasteiger partial charge in [-0.05, 0) is 29.8 Å². The number of rotatable bonds is 7. The molecule has 3 heteroatoms. The molecule has 2 aromatic rings. The zero-order valence-electron chi connectivity index (χ0n) is 10.7. The highest BCUT2D eigenvalue weighted by molar-refractivity contribution is 6.17. The number of para-hydroxylation sites is 1. The molecule has 0 aromatic heterocycles. The average molecular weight is 277 g/mol. The first kappa shape index (κ1) is 13.8. The second-order valence-electron chi connectivity index (χ2n) is 4.14. The summed E-state index contributed by atoms with van der Waals surface area (Å²) in [5.41, 5.74) is 1.07. The molecule has 0 radical (unpaired) electrons. The lowest BCUT2D eigenvalue weighted by Gasteiger charge is -2.08. The fourth-order valence-electron chi connectivity index (χ4n) is 1.67. The Morgan fingerprint density at radius 2 is 1.47 bits per heavy atom. The zero-order valence-corrected chi connectivity index (χ0v) is 11.5. The maximum atomic E-state index is 5.77. The number of hydrogen-bond acceptors (Lipinski definition) is 2. The third kappa shape index (κ3) is 4.84. The van der Waals surface area contributed by atoms with Gasteiger partial charge in [0.05, 0.1) is 13.2 Å². The number of hydrogen-bond donors (Lipinski definition) is 0. The van der Waals surface area contributed by atoms with Gasteiger partial charge in [0.25, 0.3) is 0 Å². The standard InChI is InChI=1S/C16H17ClO2/c17-13-14-6-4-9-16(12-14)19-11-5-10-18-15-7-2-1-3-8-15/h1-4,6-9,12H,5,10-11,13H2. The summed E-state index contributed by atoms with van der Waals surface area (Å²) in [6.07, 6.45) is 0.847. The Kier molecular flexibility index (Phi) is 5.57. The fourth-order valence-corrected chi connectivity index (χ4v) is 1.84. The van der Waals surface area contributed by atoms with Gasteiger partial charge < -0.3 is 9.47 Å². The van der Waals surface area contributed by atoms with Crippen molar-refractivity contribution >= 4 is 11.6 Å². The molecular formula is C16H17ClO2. The molecule has 0 N–H and O–H groups in total. The van der Waals surface area contributed by atoms with E-state index >= 15 is 0 Å². The molecular weight excluding hydrogens is 260 g/mol. The van der Waals surface area contributed by atoms with Crippen LogP contribution >= 0.6 is 11.6 Å². The first-order valence-electron chi connectivity index (χ1n) is 6.34. The number of halogens is 1. The van der Waals surface area contributed by atoms with Gasteiger partial charge in [-0.3, -0.25) is 0 Å². The molecule has 100 valence electrons. The van der Waals surface area contributed by atoms with Gasteiger partial charge in [-0.2, -0.15) is 0 Å². The van der Waals surface area contributed by atoms with Gasteiger partial charge in [-0.1, -0.05) is 30.3 Å². The summed E-state index contributed by atoms with van der Waals surface area (Å²) in [7, 11) is 0. The van der Waals surface area contributed by atoms with E-state index in [-0.39, 0.29) is 0 Å². The number of alkyl halides is 1. The molecule has 0 amide bonds. The van der Waals surface area contributed by atoms with Gasteiger partial charge in [-0.15, -0.1) is 11.6 Å². The van der Waals surface area contributed by atoms with Crippen molar-refractivity contribution < 1.29 is 9.47 Å². The van der Waals surface area contributed by atoms with Crippen molar-refractivity contribution in [1.82, 2.24) is 0 Å². The normalized spacial score (nSPS) is 10.2. The highest BCUT2D eigenvalue weighted by Crippen LogP contribution is 2.15. The van der Waals surface area contributed by atoms with Crippen molar-refractivity contribution in [1.29, 1.82) is 0 Å². The molecule has 0 atom stereocenters. The summed E-state index contributed by atoms with van der Waals surface area (Å²) in [6.45, 7) is 1.29. The summed E-state index contributed by atoms with van der Waals surface area (Å²) in [4.78, 5) is 0. The van der Waals surface area contributed by atoms with E-state index in [0.717, 1.165) is 23.5 Å². The van der Waals surface area contributed by atoms with E-state index in [1.54, 1.807) is 0 Å². The topological polar surface area (TPSA) is 18.5 Å². The summed E-state index contributed by atoms with van der Waals surface area (Å²) < 4.78 is 11.2. The van der Waals surface area contributed by atoms with E-state index < -0.39 is 0 Å². The Morgan fingerprint density at radius 3 is 2.21 bits per heavy atom. The van der Waals surface area contributed by atoms with Crippen molar-refractivity contribution in [3.63, 3.8) is 0 Å². The van der Waals surface area contributed by atoms with Crippen molar-refractivity contribution in [2.24, 2.45) is 0 Å². The van der Waals surface area contributed by atoms with Crippen LogP contribution in [0.15, 0.2) is 54.6 Å². The molecule has 19 heavy (non-hydrogen) atoms. The van der Waals surface area contributed by atoms with E-state index in [1.165, 1.54) is 0 Å². The average Bonchev–Trinajstić information content (AvgIpc) is 2.48. The van der Waals surface area contributed by atoms with Crippen molar-refractivity contribution in [3.05, 3.63) is 60.2 Å². The van der Waals surface area contributed by atoms with Crippen LogP contribution < -0.4 is 9.47 Å². The van der Waals surface area contributed by atoms with Crippen LogP contribution in [0.25, 0.3) is 0 Å². The van der Waals surface area contributed by atoms with Crippen molar-refractivity contribution in [3.8, 4) is 11.5 Å². The maximum absolute atomic E-state index is 5.77. The molecule has 2 rings (SSSR count). The summed E-state index contributed by atoms with van der Waals surface area (Å²) >= 11 is 5.77. The summed E-state index contributed by atoms with van der Waals surface area (Å²) in [6, 6.07) is 17.6. The van der Waals surface area contributed by atoms with Gasteiger partial charge in [0.1, 0.15) is 11.5 Å². The molecule has 0 aliphatic heterocycles. The van der Waals surface area contributed by atoms with Crippen LogP contribution in [-0.2, 0) is 5.88 Å². The minimum atomic E-state index is 0.508. The SMILES string of the molecule is ClCc1cccc(OCCCOc2ccccc2)c1. The second-order valence-corrected chi connectivity index (χ2v) is 4.41. The molecule has 2 aromatic carbocycles. The van der Waals surface area contributed by atoms with Gasteiger partial charge in [0, 0.05) is 12.3 Å². The van der Waals surface area contributed by atoms with Gasteiger partial charge in [0.15, 0.2) is 0 Å². The third-order valence-corrected chi connectivity index (χ3v) is 2.93. The molecule has 0 saturated heterocycles. The van der Waals surface area contributed by atoms with E-state index in [2.05, 4.69) is 0 Å². The van der Waals surface area contributed by atoms with Crippen LogP contribution in [0.3, 0.4) is 0 Å². The lowest BCUT2D eigenvalue weighted by Crippen LogP contribution is -2.05. The Bertz CT molecular complexity index is 485. The molecule has 0 aliphatic carbocycles. The van der Waals surface area contributed by atoms with Gasteiger partial charge in [-0.25, -0.2) is 0 Å². The number of ether oxygens (including phenoxy) is 2. The second kappa shape index (κ2) is 7.70. The van der Waals surface area contributed by atoms with Crippen LogP contribution in [-0.4, -0.2) is 13.2 Å². The van der Waals surface area contributed by atoms with Crippen LogP contribution in [0.1, 0.15) is 12.0 Å². The highest BCUT2D eigenvalue weighted by Gasteiger charge is 1.97. The van der Waals surface area contributed by atoms with E-state index in [0.29, 0.717) is 19.1 Å². The van der Waals surface area contributed by atoms with Crippen LogP contribution in [0.5, 0.6) is 11.5 Å². The summed E-state index contributed by atoms with van der Waals surface area (Å²) in [5, 5.41) is 0. The summed E-state index contributed by atoms with van der Waals surface area (Å²) in [5.74, 6) is 2.26. The Morgan fingerprint density at radius 1 is 0.789 bits per heavy atom.